The van der Waals surface area contributed by atoms with E-state index in [4.69, 9.17) is 5.73 Å². The molecule has 1 amide bonds. The van der Waals surface area contributed by atoms with Gasteiger partial charge in [-0.3, -0.25) is 4.79 Å². The summed E-state index contributed by atoms with van der Waals surface area (Å²) in [5.74, 6) is 0.00722. The Hall–Kier alpha value is -0.610. The molecule has 0 aliphatic carbocycles. The van der Waals surface area contributed by atoms with Crippen molar-refractivity contribution in [1.82, 2.24) is 10.6 Å². The maximum atomic E-state index is 11.3. The van der Waals surface area contributed by atoms with E-state index in [1.54, 1.807) is 0 Å². The molecule has 0 rings (SSSR count). The molecule has 0 aliphatic heterocycles. The minimum Gasteiger partial charge on any atom is -0.350 e. The van der Waals surface area contributed by atoms with E-state index < -0.39 is 0 Å². The van der Waals surface area contributed by atoms with Gasteiger partial charge in [-0.05, 0) is 27.7 Å². The van der Waals surface area contributed by atoms with E-state index in [0.29, 0.717) is 13.1 Å². The lowest BCUT2D eigenvalue weighted by Gasteiger charge is -2.21. The largest absolute Gasteiger partial charge is 0.350 e. The third-order valence-electron chi connectivity index (χ3n) is 1.48. The van der Waals surface area contributed by atoms with Gasteiger partial charge in [0.1, 0.15) is 0 Å². The summed E-state index contributed by atoms with van der Waals surface area (Å²) >= 11 is 0. The van der Waals surface area contributed by atoms with Crippen LogP contribution in [0.5, 0.6) is 0 Å². The van der Waals surface area contributed by atoms with Crippen molar-refractivity contribution >= 4 is 5.91 Å². The highest BCUT2D eigenvalue weighted by Gasteiger charge is 2.13. The van der Waals surface area contributed by atoms with Gasteiger partial charge in [0.25, 0.3) is 0 Å². The van der Waals surface area contributed by atoms with Gasteiger partial charge in [0.2, 0.25) is 5.91 Å². The van der Waals surface area contributed by atoms with Crippen molar-refractivity contribution in [2.45, 2.75) is 39.3 Å². The predicted octanol–water partition coefficient (Wildman–Crippen LogP) is -0.162. The Morgan fingerprint density at radius 2 is 2.00 bits per heavy atom. The first-order valence-electron chi connectivity index (χ1n) is 4.59. The van der Waals surface area contributed by atoms with Crippen LogP contribution in [0.1, 0.15) is 27.7 Å². The lowest BCUT2D eigenvalue weighted by molar-refractivity contribution is -0.121. The minimum atomic E-state index is -0.162. The molecule has 1 atom stereocenters. The van der Waals surface area contributed by atoms with Crippen molar-refractivity contribution < 1.29 is 4.79 Å². The van der Waals surface area contributed by atoms with Crippen molar-refractivity contribution in [2.24, 2.45) is 5.73 Å². The molecule has 0 heterocycles. The SMILES string of the molecule is CC(CN)NCC(=O)NC(C)(C)C. The van der Waals surface area contributed by atoms with Gasteiger partial charge < -0.3 is 16.4 Å². The third kappa shape index (κ3) is 7.74. The fraction of sp³-hybridized carbons (Fsp3) is 0.889. The molecule has 4 nitrogen and oxygen atoms in total. The van der Waals surface area contributed by atoms with Gasteiger partial charge in [-0.2, -0.15) is 0 Å². The van der Waals surface area contributed by atoms with Crippen LogP contribution in [0.3, 0.4) is 0 Å². The zero-order valence-corrected chi connectivity index (χ0v) is 8.98. The number of carbonyl (C=O) groups is 1. The Labute approximate surface area is 80.3 Å². The third-order valence-corrected chi connectivity index (χ3v) is 1.48. The average Bonchev–Trinajstić information content (AvgIpc) is 1.97. The number of amides is 1. The molecule has 0 bridgehead atoms. The Balaban J connectivity index is 3.64. The van der Waals surface area contributed by atoms with Crippen LogP contribution in [0.4, 0.5) is 0 Å². The molecule has 1 unspecified atom stereocenters. The quantitative estimate of drug-likeness (QED) is 0.573. The summed E-state index contributed by atoms with van der Waals surface area (Å²) in [5, 5.41) is 5.87. The molecule has 78 valence electrons. The molecule has 0 aromatic heterocycles. The minimum absolute atomic E-state index is 0.00722. The van der Waals surface area contributed by atoms with E-state index in [1.165, 1.54) is 0 Å². The fourth-order valence-electron chi connectivity index (χ4n) is 0.813. The summed E-state index contributed by atoms with van der Waals surface area (Å²) in [6, 6.07) is 0.186. The number of hydrogen-bond acceptors (Lipinski definition) is 3. The van der Waals surface area contributed by atoms with Crippen LogP contribution in [0.15, 0.2) is 0 Å². The topological polar surface area (TPSA) is 67.1 Å². The first-order chi connectivity index (χ1) is 5.85. The summed E-state index contributed by atoms with van der Waals surface area (Å²) in [6.07, 6.45) is 0. The molecule has 0 aromatic rings. The number of hydrogen-bond donors (Lipinski definition) is 3. The second-order valence-electron chi connectivity index (χ2n) is 4.32. The van der Waals surface area contributed by atoms with Crippen LogP contribution in [-0.2, 0) is 4.79 Å². The average molecular weight is 187 g/mol. The zero-order valence-electron chi connectivity index (χ0n) is 8.98. The monoisotopic (exact) mass is 187 g/mol. The van der Waals surface area contributed by atoms with Crippen molar-refractivity contribution in [3.63, 3.8) is 0 Å². The highest BCUT2D eigenvalue weighted by molar-refractivity contribution is 5.78. The van der Waals surface area contributed by atoms with Gasteiger partial charge in [0, 0.05) is 18.1 Å². The second-order valence-corrected chi connectivity index (χ2v) is 4.32. The van der Waals surface area contributed by atoms with Crippen molar-refractivity contribution in [1.29, 1.82) is 0 Å². The lowest BCUT2D eigenvalue weighted by Crippen LogP contribution is -2.47. The fourth-order valence-corrected chi connectivity index (χ4v) is 0.813. The van der Waals surface area contributed by atoms with Crippen LogP contribution in [0, 0.1) is 0 Å². The van der Waals surface area contributed by atoms with Crippen LogP contribution < -0.4 is 16.4 Å². The summed E-state index contributed by atoms with van der Waals surface area (Å²) < 4.78 is 0. The Morgan fingerprint density at radius 1 is 1.46 bits per heavy atom. The molecule has 0 saturated carbocycles. The lowest BCUT2D eigenvalue weighted by atomic mass is 10.1. The summed E-state index contributed by atoms with van der Waals surface area (Å²) in [4.78, 5) is 11.3. The second kappa shape index (κ2) is 5.19. The maximum absolute atomic E-state index is 11.3. The zero-order chi connectivity index (χ0) is 10.5. The van der Waals surface area contributed by atoms with Crippen molar-refractivity contribution in [2.75, 3.05) is 13.1 Å². The first-order valence-corrected chi connectivity index (χ1v) is 4.59. The smallest absolute Gasteiger partial charge is 0.234 e. The van der Waals surface area contributed by atoms with Gasteiger partial charge in [0.15, 0.2) is 0 Å². The predicted molar refractivity (Wildman–Crippen MR) is 54.4 cm³/mol. The molecule has 4 heteroatoms. The molecular formula is C9H21N3O. The highest BCUT2D eigenvalue weighted by Crippen LogP contribution is 1.97. The maximum Gasteiger partial charge on any atom is 0.234 e. The van der Waals surface area contributed by atoms with E-state index in [9.17, 15) is 4.79 Å². The van der Waals surface area contributed by atoms with Crippen LogP contribution >= 0.6 is 0 Å². The Bertz CT molecular complexity index is 163. The van der Waals surface area contributed by atoms with Gasteiger partial charge in [0.05, 0.1) is 6.54 Å². The molecular weight excluding hydrogens is 166 g/mol. The van der Waals surface area contributed by atoms with Crippen LogP contribution in [0.2, 0.25) is 0 Å². The standard InChI is InChI=1S/C9H21N3O/c1-7(5-10)11-6-8(13)12-9(2,3)4/h7,11H,5-6,10H2,1-4H3,(H,12,13). The van der Waals surface area contributed by atoms with E-state index in [2.05, 4.69) is 10.6 Å². The number of rotatable bonds is 4. The van der Waals surface area contributed by atoms with Gasteiger partial charge in [-0.25, -0.2) is 0 Å². The number of carbonyl (C=O) groups excluding carboxylic acids is 1. The molecule has 0 fully saturated rings. The van der Waals surface area contributed by atoms with E-state index >= 15 is 0 Å². The molecule has 4 N–H and O–H groups in total. The summed E-state index contributed by atoms with van der Waals surface area (Å²) in [5.41, 5.74) is 5.23. The van der Waals surface area contributed by atoms with E-state index in [-0.39, 0.29) is 17.5 Å². The highest BCUT2D eigenvalue weighted by atomic mass is 16.2. The summed E-state index contributed by atoms with van der Waals surface area (Å²) in [6.45, 7) is 8.69. The van der Waals surface area contributed by atoms with Gasteiger partial charge in [-0.15, -0.1) is 0 Å². The van der Waals surface area contributed by atoms with Crippen LogP contribution in [-0.4, -0.2) is 30.6 Å². The Kier molecular flexibility index (Phi) is 4.95. The molecule has 0 radical (unpaired) electrons. The molecule has 13 heavy (non-hydrogen) atoms. The number of nitrogens with two attached hydrogens (primary N) is 1. The van der Waals surface area contributed by atoms with E-state index in [1.807, 2.05) is 27.7 Å². The molecule has 0 saturated heterocycles. The van der Waals surface area contributed by atoms with Crippen molar-refractivity contribution in [3.8, 4) is 0 Å². The molecule has 0 aliphatic rings. The molecule has 0 aromatic carbocycles. The number of nitrogens with one attached hydrogen (secondary N) is 2. The summed E-state index contributed by atoms with van der Waals surface area (Å²) in [7, 11) is 0. The van der Waals surface area contributed by atoms with Gasteiger partial charge >= 0.3 is 0 Å². The van der Waals surface area contributed by atoms with Crippen molar-refractivity contribution in [3.05, 3.63) is 0 Å². The molecule has 0 spiro atoms. The van der Waals surface area contributed by atoms with E-state index in [0.717, 1.165) is 0 Å². The Morgan fingerprint density at radius 3 is 2.38 bits per heavy atom. The van der Waals surface area contributed by atoms with Gasteiger partial charge in [-0.1, -0.05) is 0 Å². The first kappa shape index (κ1) is 12.4. The normalized spacial score (nSPS) is 13.9. The van der Waals surface area contributed by atoms with Crippen LogP contribution in [0.25, 0.3) is 0 Å².